The molecule has 0 spiro atoms. The lowest BCUT2D eigenvalue weighted by molar-refractivity contribution is -0.137. The second-order valence-electron chi connectivity index (χ2n) is 4.30. The number of furan rings is 1. The maximum atomic E-state index is 12.9. The standard InChI is InChI=1S/C14H9ClF3NO4/c15-10-3-1-2-9(14(16,17)18)12(10)19-11(20)7-23-13(21)8-4-5-22-6-8/h1-6H,7H2,(H,19,20). The molecule has 0 fully saturated rings. The van der Waals surface area contributed by atoms with Gasteiger partial charge in [0.05, 0.1) is 28.1 Å². The first-order valence-electron chi connectivity index (χ1n) is 6.14. The number of halogens is 4. The molecule has 1 aromatic heterocycles. The summed E-state index contributed by atoms with van der Waals surface area (Å²) in [6.45, 7) is -0.771. The molecule has 0 atom stereocenters. The topological polar surface area (TPSA) is 68.5 Å². The van der Waals surface area contributed by atoms with Gasteiger partial charge in [-0.3, -0.25) is 4.79 Å². The van der Waals surface area contributed by atoms with Gasteiger partial charge in [0.2, 0.25) is 0 Å². The van der Waals surface area contributed by atoms with Crippen molar-refractivity contribution in [2.45, 2.75) is 6.18 Å². The molecule has 5 nitrogen and oxygen atoms in total. The van der Waals surface area contributed by atoms with Crippen molar-refractivity contribution >= 4 is 29.2 Å². The van der Waals surface area contributed by atoms with E-state index in [1.807, 2.05) is 5.32 Å². The maximum absolute atomic E-state index is 12.9. The molecule has 0 aliphatic rings. The van der Waals surface area contributed by atoms with Gasteiger partial charge in [-0.25, -0.2) is 4.79 Å². The van der Waals surface area contributed by atoms with E-state index < -0.39 is 35.9 Å². The van der Waals surface area contributed by atoms with Crippen LogP contribution < -0.4 is 5.32 Å². The second kappa shape index (κ2) is 6.74. The zero-order valence-electron chi connectivity index (χ0n) is 11.3. The number of anilines is 1. The average Bonchev–Trinajstić information content (AvgIpc) is 3.00. The molecule has 0 saturated carbocycles. The number of para-hydroxylation sites is 1. The number of benzene rings is 1. The SMILES string of the molecule is O=C(COC(=O)c1ccoc1)Nc1c(Cl)cccc1C(F)(F)F. The monoisotopic (exact) mass is 347 g/mol. The van der Waals surface area contributed by atoms with E-state index in [4.69, 9.17) is 11.6 Å². The highest BCUT2D eigenvalue weighted by molar-refractivity contribution is 6.34. The van der Waals surface area contributed by atoms with Crippen LogP contribution in [0.15, 0.2) is 41.2 Å². The Labute approximate surface area is 133 Å². The second-order valence-corrected chi connectivity index (χ2v) is 4.70. The van der Waals surface area contributed by atoms with Crippen LogP contribution in [-0.4, -0.2) is 18.5 Å². The fourth-order valence-corrected chi connectivity index (χ4v) is 1.88. The minimum atomic E-state index is -4.69. The van der Waals surface area contributed by atoms with Gasteiger partial charge >= 0.3 is 12.1 Å². The molecule has 1 amide bonds. The van der Waals surface area contributed by atoms with Crippen molar-refractivity contribution in [1.29, 1.82) is 0 Å². The number of hydrogen-bond donors (Lipinski definition) is 1. The van der Waals surface area contributed by atoms with Crippen LogP contribution in [-0.2, 0) is 15.7 Å². The van der Waals surface area contributed by atoms with Gasteiger partial charge in [0.25, 0.3) is 5.91 Å². The number of rotatable bonds is 4. The highest BCUT2D eigenvalue weighted by Gasteiger charge is 2.34. The van der Waals surface area contributed by atoms with E-state index in [9.17, 15) is 22.8 Å². The third-order valence-corrected chi connectivity index (χ3v) is 2.99. The average molecular weight is 348 g/mol. The first kappa shape index (κ1) is 16.9. The van der Waals surface area contributed by atoms with Crippen LogP contribution in [0, 0.1) is 0 Å². The Balaban J connectivity index is 2.05. The Morgan fingerprint density at radius 2 is 2.00 bits per heavy atom. The molecule has 1 N–H and O–H groups in total. The lowest BCUT2D eigenvalue weighted by Crippen LogP contribution is -2.23. The van der Waals surface area contributed by atoms with Crippen LogP contribution in [0.1, 0.15) is 15.9 Å². The minimum Gasteiger partial charge on any atom is -0.472 e. The molecule has 1 aromatic carbocycles. The fraction of sp³-hybridized carbons (Fsp3) is 0.143. The van der Waals surface area contributed by atoms with Gasteiger partial charge in [-0.2, -0.15) is 13.2 Å². The molecule has 0 unspecified atom stereocenters. The van der Waals surface area contributed by atoms with E-state index in [0.29, 0.717) is 0 Å². The zero-order chi connectivity index (χ0) is 17.0. The van der Waals surface area contributed by atoms with Gasteiger partial charge in [-0.1, -0.05) is 17.7 Å². The van der Waals surface area contributed by atoms with Gasteiger partial charge in [0.15, 0.2) is 6.61 Å². The molecule has 0 radical (unpaired) electrons. The summed E-state index contributed by atoms with van der Waals surface area (Å²) < 4.78 is 47.9. The van der Waals surface area contributed by atoms with Crippen molar-refractivity contribution in [3.8, 4) is 0 Å². The van der Waals surface area contributed by atoms with Gasteiger partial charge in [-0.15, -0.1) is 0 Å². The molecule has 0 bridgehead atoms. The van der Waals surface area contributed by atoms with Crippen LogP contribution >= 0.6 is 11.6 Å². The number of alkyl halides is 3. The molecule has 2 aromatic rings. The van der Waals surface area contributed by atoms with E-state index in [1.54, 1.807) is 0 Å². The van der Waals surface area contributed by atoms with Crippen molar-refractivity contribution in [3.05, 3.63) is 52.9 Å². The third kappa shape index (κ3) is 4.26. The predicted molar refractivity (Wildman–Crippen MR) is 74.1 cm³/mol. The molecule has 2 rings (SSSR count). The molecular formula is C14H9ClF3NO4. The van der Waals surface area contributed by atoms with Crippen LogP contribution in [0.25, 0.3) is 0 Å². The number of ether oxygens (including phenoxy) is 1. The minimum absolute atomic E-state index is 0.0755. The molecule has 0 aliphatic carbocycles. The van der Waals surface area contributed by atoms with E-state index in [-0.39, 0.29) is 10.6 Å². The van der Waals surface area contributed by atoms with Crippen LogP contribution in [0.3, 0.4) is 0 Å². The van der Waals surface area contributed by atoms with Gasteiger partial charge in [0.1, 0.15) is 6.26 Å². The van der Waals surface area contributed by atoms with Crippen molar-refractivity contribution in [2.75, 3.05) is 11.9 Å². The summed E-state index contributed by atoms with van der Waals surface area (Å²) in [5.41, 5.74) is -1.61. The number of hydrogen-bond acceptors (Lipinski definition) is 4. The molecule has 0 saturated heterocycles. The fourth-order valence-electron chi connectivity index (χ4n) is 1.66. The summed E-state index contributed by atoms with van der Waals surface area (Å²) in [5, 5.41) is 1.71. The van der Waals surface area contributed by atoms with Crippen LogP contribution in [0.4, 0.5) is 18.9 Å². The zero-order valence-corrected chi connectivity index (χ0v) is 12.1. The highest BCUT2D eigenvalue weighted by Crippen LogP contribution is 2.38. The number of carbonyl (C=O) groups excluding carboxylic acids is 2. The Kier molecular flexibility index (Phi) is 4.95. The lowest BCUT2D eigenvalue weighted by atomic mass is 10.1. The third-order valence-electron chi connectivity index (χ3n) is 2.67. The largest absolute Gasteiger partial charge is 0.472 e. The number of nitrogens with one attached hydrogen (secondary N) is 1. The van der Waals surface area contributed by atoms with E-state index in [2.05, 4.69) is 9.15 Å². The summed E-state index contributed by atoms with van der Waals surface area (Å²) >= 11 is 5.69. The van der Waals surface area contributed by atoms with E-state index >= 15 is 0 Å². The summed E-state index contributed by atoms with van der Waals surface area (Å²) in [5.74, 6) is -1.80. The number of amides is 1. The Hall–Kier alpha value is -2.48. The molecular weight excluding hydrogens is 339 g/mol. The molecule has 0 aliphatic heterocycles. The lowest BCUT2D eigenvalue weighted by Gasteiger charge is -2.15. The molecule has 23 heavy (non-hydrogen) atoms. The summed E-state index contributed by atoms with van der Waals surface area (Å²) in [6, 6.07) is 4.40. The molecule has 122 valence electrons. The number of esters is 1. The predicted octanol–water partition coefficient (Wildman–Crippen LogP) is 3.75. The van der Waals surface area contributed by atoms with Gasteiger partial charge in [-0.05, 0) is 18.2 Å². The van der Waals surface area contributed by atoms with Crippen molar-refractivity contribution in [2.24, 2.45) is 0 Å². The first-order valence-corrected chi connectivity index (χ1v) is 6.51. The van der Waals surface area contributed by atoms with E-state index in [1.165, 1.54) is 18.4 Å². The Bertz CT molecular complexity index is 713. The Morgan fingerprint density at radius 3 is 2.61 bits per heavy atom. The Morgan fingerprint density at radius 1 is 1.26 bits per heavy atom. The first-order chi connectivity index (χ1) is 10.8. The highest BCUT2D eigenvalue weighted by atomic mass is 35.5. The van der Waals surface area contributed by atoms with Gasteiger partial charge < -0.3 is 14.5 Å². The normalized spacial score (nSPS) is 11.1. The van der Waals surface area contributed by atoms with Gasteiger partial charge in [0, 0.05) is 0 Å². The van der Waals surface area contributed by atoms with E-state index in [0.717, 1.165) is 18.4 Å². The van der Waals surface area contributed by atoms with Crippen molar-refractivity contribution in [3.63, 3.8) is 0 Å². The smallest absolute Gasteiger partial charge is 0.418 e. The molecule has 1 heterocycles. The molecule has 9 heteroatoms. The number of carbonyl (C=O) groups is 2. The van der Waals surface area contributed by atoms with Crippen molar-refractivity contribution in [1.82, 2.24) is 0 Å². The summed E-state index contributed by atoms with van der Waals surface area (Å²) in [6.07, 6.45) is -2.35. The van der Waals surface area contributed by atoms with Crippen LogP contribution in [0.5, 0.6) is 0 Å². The summed E-state index contributed by atoms with van der Waals surface area (Å²) in [7, 11) is 0. The van der Waals surface area contributed by atoms with Crippen LogP contribution in [0.2, 0.25) is 5.02 Å². The summed E-state index contributed by atoms with van der Waals surface area (Å²) in [4.78, 5) is 23.2. The van der Waals surface area contributed by atoms with Crippen molar-refractivity contribution < 1.29 is 31.9 Å². The maximum Gasteiger partial charge on any atom is 0.418 e. The quantitative estimate of drug-likeness (QED) is 0.855.